The molecule has 0 unspecified atom stereocenters. The molecule has 0 radical (unpaired) electrons. The minimum atomic E-state index is 0.0732. The maximum atomic E-state index is 4.78. The predicted octanol–water partition coefficient (Wildman–Crippen LogP) is 4.50. The van der Waals surface area contributed by atoms with Gasteiger partial charge in [0.1, 0.15) is 5.01 Å². The zero-order chi connectivity index (χ0) is 14.7. The second-order valence-corrected chi connectivity index (χ2v) is 7.06. The average molecular weight is 300 g/mol. The molecule has 3 heteroatoms. The fraction of sp³-hybridized carbons (Fsp3) is 0.500. The van der Waals surface area contributed by atoms with Crippen LogP contribution in [0.2, 0.25) is 0 Å². The first-order valence-electron chi connectivity index (χ1n) is 8.02. The molecular formula is C18H24N2S. The van der Waals surface area contributed by atoms with Crippen molar-refractivity contribution in [1.29, 1.82) is 0 Å². The molecule has 0 saturated heterocycles. The van der Waals surface area contributed by atoms with Crippen molar-refractivity contribution < 1.29 is 0 Å². The van der Waals surface area contributed by atoms with E-state index in [9.17, 15) is 0 Å². The minimum Gasteiger partial charge on any atom is -0.309 e. The summed E-state index contributed by atoms with van der Waals surface area (Å²) >= 11 is 1.88. The second-order valence-electron chi connectivity index (χ2n) is 5.94. The highest BCUT2D eigenvalue weighted by molar-refractivity contribution is 7.11. The summed E-state index contributed by atoms with van der Waals surface area (Å²) in [5.74, 6) is 0. The van der Waals surface area contributed by atoms with Gasteiger partial charge < -0.3 is 5.32 Å². The van der Waals surface area contributed by atoms with Gasteiger partial charge in [0.2, 0.25) is 0 Å². The van der Waals surface area contributed by atoms with Gasteiger partial charge in [-0.3, -0.25) is 0 Å². The molecule has 2 aromatic rings. The molecule has 0 bridgehead atoms. The highest BCUT2D eigenvalue weighted by atomic mass is 32.1. The van der Waals surface area contributed by atoms with Gasteiger partial charge in [-0.1, -0.05) is 44.2 Å². The van der Waals surface area contributed by atoms with Crippen LogP contribution >= 0.6 is 11.3 Å². The minimum absolute atomic E-state index is 0.0732. The maximum Gasteiger partial charge on any atom is 0.103 e. The molecule has 1 aromatic carbocycles. The van der Waals surface area contributed by atoms with Crippen LogP contribution in [0.3, 0.4) is 0 Å². The summed E-state index contributed by atoms with van der Waals surface area (Å²) in [6.07, 6.45) is 6.93. The Bertz CT molecular complexity index is 568. The molecule has 0 amide bonds. The Hall–Kier alpha value is -1.19. The monoisotopic (exact) mass is 300 g/mol. The Morgan fingerprint density at radius 1 is 1.19 bits per heavy atom. The Balaban J connectivity index is 1.86. The number of thiazole rings is 1. The Morgan fingerprint density at radius 2 is 1.90 bits per heavy atom. The molecule has 21 heavy (non-hydrogen) atoms. The van der Waals surface area contributed by atoms with Gasteiger partial charge in [0, 0.05) is 29.1 Å². The molecule has 0 aliphatic heterocycles. The third kappa shape index (κ3) is 3.04. The van der Waals surface area contributed by atoms with Gasteiger partial charge in [-0.25, -0.2) is 4.98 Å². The van der Waals surface area contributed by atoms with Crippen LogP contribution in [-0.4, -0.2) is 11.0 Å². The summed E-state index contributed by atoms with van der Waals surface area (Å²) < 4.78 is 0. The molecule has 1 N–H and O–H groups in total. The lowest BCUT2D eigenvalue weighted by Gasteiger charge is -2.30. The van der Waals surface area contributed by atoms with Gasteiger partial charge in [0.15, 0.2) is 0 Å². The van der Waals surface area contributed by atoms with Crippen LogP contribution in [0.15, 0.2) is 36.5 Å². The number of hydrogen-bond donors (Lipinski definition) is 1. The standard InChI is InChI=1S/C18H24N2S/c1-3-18(4-2,14-8-6-5-7-9-14)17-20-13-16(21-17)12-19-15-10-11-15/h5-9,13,15,19H,3-4,10-12H2,1-2H3. The van der Waals surface area contributed by atoms with E-state index in [1.54, 1.807) is 0 Å². The first-order chi connectivity index (χ1) is 10.3. The second kappa shape index (κ2) is 6.29. The fourth-order valence-corrected chi connectivity index (χ4v) is 4.20. The predicted molar refractivity (Wildman–Crippen MR) is 89.8 cm³/mol. The van der Waals surface area contributed by atoms with E-state index in [0.29, 0.717) is 0 Å². The van der Waals surface area contributed by atoms with Crippen molar-refractivity contribution in [3.63, 3.8) is 0 Å². The zero-order valence-electron chi connectivity index (χ0n) is 12.9. The van der Waals surface area contributed by atoms with E-state index >= 15 is 0 Å². The van der Waals surface area contributed by atoms with Gasteiger partial charge in [-0.15, -0.1) is 11.3 Å². The first-order valence-corrected chi connectivity index (χ1v) is 8.84. The Morgan fingerprint density at radius 3 is 2.52 bits per heavy atom. The van der Waals surface area contributed by atoms with E-state index in [1.807, 2.05) is 11.3 Å². The molecule has 0 spiro atoms. The van der Waals surface area contributed by atoms with Crippen LogP contribution in [0.25, 0.3) is 0 Å². The molecular weight excluding hydrogens is 276 g/mol. The lowest BCUT2D eigenvalue weighted by molar-refractivity contribution is 0.475. The number of rotatable bonds is 7. The van der Waals surface area contributed by atoms with E-state index in [0.717, 1.165) is 25.4 Å². The zero-order valence-corrected chi connectivity index (χ0v) is 13.7. The summed E-state index contributed by atoms with van der Waals surface area (Å²) in [5.41, 5.74) is 1.47. The first kappa shape index (κ1) is 14.7. The summed E-state index contributed by atoms with van der Waals surface area (Å²) in [7, 11) is 0. The van der Waals surface area contributed by atoms with E-state index in [-0.39, 0.29) is 5.41 Å². The summed E-state index contributed by atoms with van der Waals surface area (Å²) in [5, 5.41) is 4.85. The normalized spacial score (nSPS) is 15.3. The molecule has 1 aromatic heterocycles. The Kier molecular flexibility index (Phi) is 4.41. The number of hydrogen-bond acceptors (Lipinski definition) is 3. The number of benzene rings is 1. The van der Waals surface area contributed by atoms with Crippen LogP contribution in [0.1, 0.15) is 55.0 Å². The van der Waals surface area contributed by atoms with Crippen LogP contribution in [0.5, 0.6) is 0 Å². The van der Waals surface area contributed by atoms with Crippen molar-refractivity contribution >= 4 is 11.3 Å². The summed E-state index contributed by atoms with van der Waals surface area (Å²) in [4.78, 5) is 6.14. The van der Waals surface area contributed by atoms with Gasteiger partial charge in [-0.2, -0.15) is 0 Å². The molecule has 112 valence electrons. The fourth-order valence-electron chi connectivity index (χ4n) is 2.98. The van der Waals surface area contributed by atoms with Crippen LogP contribution < -0.4 is 5.32 Å². The van der Waals surface area contributed by atoms with Gasteiger partial charge >= 0.3 is 0 Å². The molecule has 1 aliphatic rings. The van der Waals surface area contributed by atoms with Crippen molar-refractivity contribution in [2.75, 3.05) is 0 Å². The highest BCUT2D eigenvalue weighted by Crippen LogP contribution is 2.40. The van der Waals surface area contributed by atoms with Gasteiger partial charge in [0.05, 0.1) is 0 Å². The number of aromatic nitrogens is 1. The van der Waals surface area contributed by atoms with Crippen LogP contribution in [-0.2, 0) is 12.0 Å². The lowest BCUT2D eigenvalue weighted by Crippen LogP contribution is -2.25. The number of nitrogens with zero attached hydrogens (tertiary/aromatic N) is 1. The van der Waals surface area contributed by atoms with Crippen molar-refractivity contribution in [3.8, 4) is 0 Å². The topological polar surface area (TPSA) is 24.9 Å². The molecule has 1 heterocycles. The smallest absolute Gasteiger partial charge is 0.103 e. The largest absolute Gasteiger partial charge is 0.309 e. The van der Waals surface area contributed by atoms with Crippen molar-refractivity contribution in [2.24, 2.45) is 0 Å². The maximum absolute atomic E-state index is 4.78. The molecule has 0 atom stereocenters. The third-order valence-electron chi connectivity index (χ3n) is 4.64. The van der Waals surface area contributed by atoms with E-state index in [1.165, 1.54) is 28.3 Å². The van der Waals surface area contributed by atoms with Crippen LogP contribution in [0.4, 0.5) is 0 Å². The van der Waals surface area contributed by atoms with Crippen molar-refractivity contribution in [2.45, 2.75) is 57.5 Å². The SMILES string of the molecule is CCC(CC)(c1ccccc1)c1ncc(CNC2CC2)s1. The summed E-state index contributed by atoms with van der Waals surface area (Å²) in [6, 6.07) is 11.6. The molecule has 1 aliphatic carbocycles. The van der Waals surface area contributed by atoms with Gasteiger partial charge in [-0.05, 0) is 31.2 Å². The molecule has 3 rings (SSSR count). The molecule has 1 fully saturated rings. The van der Waals surface area contributed by atoms with Gasteiger partial charge in [0.25, 0.3) is 0 Å². The molecule has 1 saturated carbocycles. The number of nitrogens with one attached hydrogen (secondary N) is 1. The third-order valence-corrected chi connectivity index (χ3v) is 5.84. The molecule has 2 nitrogen and oxygen atoms in total. The van der Waals surface area contributed by atoms with Crippen LogP contribution in [0, 0.1) is 0 Å². The van der Waals surface area contributed by atoms with Crippen molar-refractivity contribution in [1.82, 2.24) is 10.3 Å². The summed E-state index contributed by atoms with van der Waals surface area (Å²) in [6.45, 7) is 5.53. The highest BCUT2D eigenvalue weighted by Gasteiger charge is 2.33. The van der Waals surface area contributed by atoms with Crippen molar-refractivity contribution in [3.05, 3.63) is 52.0 Å². The van der Waals surface area contributed by atoms with E-state index in [2.05, 4.69) is 55.7 Å². The lowest BCUT2D eigenvalue weighted by atomic mass is 9.76. The Labute approximate surface area is 131 Å². The quantitative estimate of drug-likeness (QED) is 0.814. The average Bonchev–Trinajstić information content (AvgIpc) is 3.26. The van der Waals surface area contributed by atoms with E-state index < -0.39 is 0 Å². The van der Waals surface area contributed by atoms with E-state index in [4.69, 9.17) is 4.98 Å².